The van der Waals surface area contributed by atoms with Gasteiger partial charge in [-0.05, 0) is 49.7 Å². The van der Waals surface area contributed by atoms with Gasteiger partial charge >= 0.3 is 0 Å². The zero-order valence-electron chi connectivity index (χ0n) is 15.7. The zero-order valence-corrected chi connectivity index (χ0v) is 17.3. The highest BCUT2D eigenvalue weighted by molar-refractivity contribution is 7.99. The Labute approximate surface area is 173 Å². The molecular weight excluding hydrogens is 396 g/mol. The highest BCUT2D eigenvalue weighted by atomic mass is 35.5. The fourth-order valence-electron chi connectivity index (χ4n) is 2.56. The van der Waals surface area contributed by atoms with Gasteiger partial charge in [0.25, 0.3) is 0 Å². The van der Waals surface area contributed by atoms with Gasteiger partial charge in [-0.1, -0.05) is 41.6 Å². The molecule has 0 spiro atoms. The Morgan fingerprint density at radius 2 is 1.93 bits per heavy atom. The van der Waals surface area contributed by atoms with Crippen LogP contribution in [0.5, 0.6) is 5.75 Å². The summed E-state index contributed by atoms with van der Waals surface area (Å²) >= 11 is 7.24. The van der Waals surface area contributed by atoms with Gasteiger partial charge in [0.15, 0.2) is 11.0 Å². The molecule has 0 radical (unpaired) electrons. The summed E-state index contributed by atoms with van der Waals surface area (Å²) in [6.07, 6.45) is 0. The summed E-state index contributed by atoms with van der Waals surface area (Å²) in [4.78, 5) is 12.3. The number of hydrogen-bond donors (Lipinski definition) is 1. The van der Waals surface area contributed by atoms with Crippen molar-refractivity contribution in [1.29, 1.82) is 0 Å². The molecule has 8 heteroatoms. The lowest BCUT2D eigenvalue weighted by atomic mass is 10.2. The molecule has 3 rings (SSSR count). The smallest absolute Gasteiger partial charge is 0.234 e. The van der Waals surface area contributed by atoms with Crippen LogP contribution >= 0.6 is 23.4 Å². The highest BCUT2D eigenvalue weighted by Gasteiger charge is 2.14. The second kappa shape index (κ2) is 9.61. The largest absolute Gasteiger partial charge is 0.486 e. The molecule has 1 heterocycles. The summed E-state index contributed by atoms with van der Waals surface area (Å²) in [5.41, 5.74) is 1.85. The molecule has 2 aromatic carbocycles. The predicted octanol–water partition coefficient (Wildman–Crippen LogP) is 4.57. The van der Waals surface area contributed by atoms with Crippen LogP contribution < -0.4 is 10.1 Å². The van der Waals surface area contributed by atoms with Crippen LogP contribution in [0.15, 0.2) is 53.7 Å². The number of thioether (sulfide) groups is 1. The third-order valence-corrected chi connectivity index (χ3v) is 5.26. The second-order valence-electron chi connectivity index (χ2n) is 6.04. The number of aromatic nitrogens is 3. The zero-order chi connectivity index (χ0) is 19.9. The normalized spacial score (nSPS) is 10.7. The van der Waals surface area contributed by atoms with E-state index in [-0.39, 0.29) is 11.7 Å². The van der Waals surface area contributed by atoms with E-state index in [0.717, 1.165) is 11.3 Å². The Balaban J connectivity index is 1.58. The summed E-state index contributed by atoms with van der Waals surface area (Å²) in [7, 11) is 0. The van der Waals surface area contributed by atoms with Crippen LogP contribution in [0.3, 0.4) is 0 Å². The van der Waals surface area contributed by atoms with Crippen molar-refractivity contribution < 1.29 is 9.53 Å². The van der Waals surface area contributed by atoms with Crippen LogP contribution in [0.1, 0.15) is 18.3 Å². The van der Waals surface area contributed by atoms with E-state index in [9.17, 15) is 4.79 Å². The van der Waals surface area contributed by atoms with Crippen LogP contribution in [0.25, 0.3) is 0 Å². The van der Waals surface area contributed by atoms with Gasteiger partial charge in [-0.15, -0.1) is 10.2 Å². The van der Waals surface area contributed by atoms with Gasteiger partial charge in [0.2, 0.25) is 5.91 Å². The monoisotopic (exact) mass is 416 g/mol. The summed E-state index contributed by atoms with van der Waals surface area (Å²) in [6, 6.07) is 14.8. The Kier molecular flexibility index (Phi) is 6.95. The SMILES string of the molecule is CCn1c(COc2ccc(Cl)cc2)nnc1SCC(=O)Nc1ccccc1C. The lowest BCUT2D eigenvalue weighted by Gasteiger charge is -2.10. The van der Waals surface area contributed by atoms with Crippen molar-refractivity contribution in [3.05, 3.63) is 64.9 Å². The number of carbonyl (C=O) groups is 1. The number of carbonyl (C=O) groups excluding carboxylic acids is 1. The second-order valence-corrected chi connectivity index (χ2v) is 7.42. The number of rotatable bonds is 8. The van der Waals surface area contributed by atoms with Crippen LogP contribution in [0, 0.1) is 6.92 Å². The van der Waals surface area contributed by atoms with Gasteiger partial charge in [0, 0.05) is 17.3 Å². The predicted molar refractivity (Wildman–Crippen MR) is 112 cm³/mol. The third-order valence-electron chi connectivity index (χ3n) is 4.04. The molecule has 1 aromatic heterocycles. The summed E-state index contributed by atoms with van der Waals surface area (Å²) in [5.74, 6) is 1.59. The lowest BCUT2D eigenvalue weighted by molar-refractivity contribution is -0.113. The topological polar surface area (TPSA) is 69.0 Å². The molecule has 28 heavy (non-hydrogen) atoms. The third kappa shape index (κ3) is 5.27. The molecular formula is C20H21ClN4O2S. The first-order valence-electron chi connectivity index (χ1n) is 8.85. The molecule has 0 fully saturated rings. The molecule has 0 unspecified atom stereocenters. The summed E-state index contributed by atoms with van der Waals surface area (Å²) < 4.78 is 7.70. The van der Waals surface area contributed by atoms with Crippen molar-refractivity contribution in [3.8, 4) is 5.75 Å². The number of nitrogens with zero attached hydrogens (tertiary/aromatic N) is 3. The highest BCUT2D eigenvalue weighted by Crippen LogP contribution is 2.21. The molecule has 0 saturated heterocycles. The van der Waals surface area contributed by atoms with Gasteiger partial charge in [0.1, 0.15) is 12.4 Å². The first kappa shape index (κ1) is 20.2. The standard InChI is InChI=1S/C20H21ClN4O2S/c1-3-25-18(12-27-16-10-8-15(21)9-11-16)23-24-20(25)28-13-19(26)22-17-7-5-4-6-14(17)2/h4-11H,3,12-13H2,1-2H3,(H,22,26). The molecule has 0 aliphatic heterocycles. The Bertz CT molecular complexity index is 944. The molecule has 0 aliphatic rings. The molecule has 3 aromatic rings. The number of nitrogens with one attached hydrogen (secondary N) is 1. The van der Waals surface area contributed by atoms with Crippen LogP contribution in [-0.2, 0) is 17.9 Å². The number of para-hydroxylation sites is 1. The fraction of sp³-hybridized carbons (Fsp3) is 0.250. The minimum absolute atomic E-state index is 0.0797. The molecule has 6 nitrogen and oxygen atoms in total. The van der Waals surface area contributed by atoms with Crippen LogP contribution in [-0.4, -0.2) is 26.4 Å². The minimum atomic E-state index is -0.0797. The molecule has 0 saturated carbocycles. The van der Waals surface area contributed by atoms with E-state index in [4.69, 9.17) is 16.3 Å². The quantitative estimate of drug-likeness (QED) is 0.545. The van der Waals surface area contributed by atoms with Crippen LogP contribution in [0.2, 0.25) is 5.02 Å². The van der Waals surface area contributed by atoms with Crippen molar-refractivity contribution in [2.45, 2.75) is 32.2 Å². The van der Waals surface area contributed by atoms with Crippen molar-refractivity contribution >= 4 is 35.0 Å². The van der Waals surface area contributed by atoms with E-state index in [1.54, 1.807) is 24.3 Å². The van der Waals surface area contributed by atoms with Crippen molar-refractivity contribution in [1.82, 2.24) is 14.8 Å². The van der Waals surface area contributed by atoms with E-state index < -0.39 is 0 Å². The number of anilines is 1. The average molecular weight is 417 g/mol. The van der Waals surface area contributed by atoms with Crippen molar-refractivity contribution in [2.75, 3.05) is 11.1 Å². The van der Waals surface area contributed by atoms with E-state index in [0.29, 0.717) is 34.9 Å². The number of amides is 1. The van der Waals surface area contributed by atoms with E-state index in [1.165, 1.54) is 11.8 Å². The van der Waals surface area contributed by atoms with E-state index >= 15 is 0 Å². The fourth-order valence-corrected chi connectivity index (χ4v) is 3.51. The van der Waals surface area contributed by atoms with E-state index in [1.807, 2.05) is 42.7 Å². The molecule has 1 amide bonds. The first-order chi connectivity index (χ1) is 13.6. The van der Waals surface area contributed by atoms with Gasteiger partial charge < -0.3 is 14.6 Å². The van der Waals surface area contributed by atoms with Gasteiger partial charge in [0.05, 0.1) is 5.75 Å². The number of ether oxygens (including phenoxy) is 1. The number of benzene rings is 2. The van der Waals surface area contributed by atoms with Gasteiger partial charge in [-0.2, -0.15) is 0 Å². The molecule has 0 atom stereocenters. The maximum absolute atomic E-state index is 12.3. The van der Waals surface area contributed by atoms with Crippen molar-refractivity contribution in [3.63, 3.8) is 0 Å². The number of hydrogen-bond acceptors (Lipinski definition) is 5. The molecule has 0 bridgehead atoms. The van der Waals surface area contributed by atoms with Crippen LogP contribution in [0.4, 0.5) is 5.69 Å². The maximum atomic E-state index is 12.3. The summed E-state index contributed by atoms with van der Waals surface area (Å²) in [5, 5.41) is 12.7. The maximum Gasteiger partial charge on any atom is 0.234 e. The van der Waals surface area contributed by atoms with Crippen molar-refractivity contribution in [2.24, 2.45) is 0 Å². The Hall–Kier alpha value is -2.51. The number of halogens is 1. The molecule has 0 aliphatic carbocycles. The Morgan fingerprint density at radius 1 is 1.18 bits per heavy atom. The van der Waals surface area contributed by atoms with Gasteiger partial charge in [-0.3, -0.25) is 4.79 Å². The van der Waals surface area contributed by atoms with E-state index in [2.05, 4.69) is 15.5 Å². The van der Waals surface area contributed by atoms with Gasteiger partial charge in [-0.25, -0.2) is 0 Å². The molecule has 146 valence electrons. The number of aryl methyl sites for hydroxylation is 1. The lowest BCUT2D eigenvalue weighted by Crippen LogP contribution is -2.15. The minimum Gasteiger partial charge on any atom is -0.486 e. The molecule has 1 N–H and O–H groups in total. The summed E-state index contributed by atoms with van der Waals surface area (Å²) in [6.45, 7) is 4.95. The first-order valence-corrected chi connectivity index (χ1v) is 10.2. The average Bonchev–Trinajstić information content (AvgIpc) is 3.09. The Morgan fingerprint density at radius 3 is 2.64 bits per heavy atom.